The normalized spacial score (nSPS) is 15.7. The Bertz CT molecular complexity index is 676. The Morgan fingerprint density at radius 1 is 0.870 bits per heavy atom. The van der Waals surface area contributed by atoms with Gasteiger partial charge in [0.1, 0.15) is 0 Å². The number of hydrogen-bond acceptors (Lipinski definition) is 4. The van der Waals surface area contributed by atoms with Crippen molar-refractivity contribution in [2.45, 2.75) is 0 Å². The second-order valence-corrected chi connectivity index (χ2v) is 5.73. The molecule has 3 rings (SSSR count). The van der Waals surface area contributed by atoms with Gasteiger partial charge in [-0.2, -0.15) is 10.2 Å². The van der Waals surface area contributed by atoms with Crippen LogP contribution in [0.4, 0.5) is 11.4 Å². The third-order valence-electron chi connectivity index (χ3n) is 3.78. The minimum Gasteiger partial charge on any atom is -0.373 e. The lowest BCUT2D eigenvalue weighted by Crippen LogP contribution is -2.44. The Hall–Kier alpha value is -2.33. The molecule has 0 aliphatic carbocycles. The second-order valence-electron chi connectivity index (χ2n) is 5.32. The number of piperazine rings is 1. The van der Waals surface area contributed by atoms with Crippen LogP contribution in [-0.2, 0) is 0 Å². The summed E-state index contributed by atoms with van der Waals surface area (Å²) in [7, 11) is 0. The van der Waals surface area contributed by atoms with Gasteiger partial charge < -0.3 is 9.80 Å². The molecule has 0 bridgehead atoms. The first kappa shape index (κ1) is 15.6. The molecule has 1 aliphatic rings. The highest BCUT2D eigenvalue weighted by Gasteiger charge is 2.16. The molecule has 0 unspecified atom stereocenters. The van der Waals surface area contributed by atoms with E-state index in [-0.39, 0.29) is 0 Å². The predicted octanol–water partition coefficient (Wildman–Crippen LogP) is 4.72. The fraction of sp³-hybridized carbons (Fsp3) is 0.222. The fourth-order valence-corrected chi connectivity index (χ4v) is 2.79. The van der Waals surface area contributed by atoms with E-state index in [0.29, 0.717) is 0 Å². The molecule has 0 N–H and O–H groups in total. The minimum atomic E-state index is 0.813. The van der Waals surface area contributed by atoms with Gasteiger partial charge in [-0.3, -0.25) is 0 Å². The van der Waals surface area contributed by atoms with Crippen LogP contribution >= 0.6 is 11.6 Å². The lowest BCUT2D eigenvalue weighted by atomic mass is 10.2. The molecule has 0 aromatic heterocycles. The maximum atomic E-state index is 6.26. The molecule has 0 radical (unpaired) electrons. The molecule has 0 atom stereocenters. The van der Waals surface area contributed by atoms with E-state index >= 15 is 0 Å². The molecule has 0 saturated carbocycles. The van der Waals surface area contributed by atoms with Gasteiger partial charge in [0, 0.05) is 32.4 Å². The topological polar surface area (TPSA) is 31.2 Å². The summed E-state index contributed by atoms with van der Waals surface area (Å²) in [6.07, 6.45) is 3.74. The summed E-state index contributed by atoms with van der Waals surface area (Å²) in [6.45, 7) is 3.79. The largest absolute Gasteiger partial charge is 0.373 e. The number of azo groups is 1. The third kappa shape index (κ3) is 4.33. The van der Waals surface area contributed by atoms with Crippen LogP contribution in [0.5, 0.6) is 0 Å². The van der Waals surface area contributed by atoms with Gasteiger partial charge in [-0.1, -0.05) is 41.9 Å². The fourth-order valence-electron chi connectivity index (χ4n) is 2.54. The standard InChI is InChI=1S/C18H19ClN4/c19-17-8-4-5-9-18(17)23-14-12-22(13-15-23)11-10-20-21-16-6-2-1-3-7-16/h1-11H,12-15H2. The van der Waals surface area contributed by atoms with Crippen LogP contribution in [0.15, 0.2) is 77.2 Å². The molecule has 23 heavy (non-hydrogen) atoms. The number of rotatable bonds is 4. The number of hydrogen-bond donors (Lipinski definition) is 0. The van der Waals surface area contributed by atoms with Crippen LogP contribution in [-0.4, -0.2) is 31.1 Å². The molecule has 4 nitrogen and oxygen atoms in total. The van der Waals surface area contributed by atoms with Gasteiger partial charge in [0.2, 0.25) is 0 Å². The van der Waals surface area contributed by atoms with Crippen molar-refractivity contribution in [2.75, 3.05) is 31.1 Å². The molecule has 1 fully saturated rings. The van der Waals surface area contributed by atoms with Gasteiger partial charge in [-0.15, -0.1) is 0 Å². The van der Waals surface area contributed by atoms with Gasteiger partial charge in [0.25, 0.3) is 0 Å². The number of halogens is 1. The number of nitrogens with zero attached hydrogens (tertiary/aromatic N) is 4. The molecule has 2 aromatic rings. The first-order valence-corrected chi connectivity index (χ1v) is 8.07. The highest BCUT2D eigenvalue weighted by atomic mass is 35.5. The molecule has 118 valence electrons. The van der Waals surface area contributed by atoms with Crippen molar-refractivity contribution in [2.24, 2.45) is 10.2 Å². The van der Waals surface area contributed by atoms with Gasteiger partial charge in [0.05, 0.1) is 22.6 Å². The Morgan fingerprint density at radius 2 is 1.57 bits per heavy atom. The zero-order valence-electron chi connectivity index (χ0n) is 12.8. The average Bonchev–Trinajstić information content (AvgIpc) is 2.61. The van der Waals surface area contributed by atoms with E-state index in [4.69, 9.17) is 11.6 Å². The summed E-state index contributed by atoms with van der Waals surface area (Å²) in [5, 5.41) is 9.06. The maximum absolute atomic E-state index is 6.26. The Labute approximate surface area is 141 Å². The van der Waals surface area contributed by atoms with Gasteiger partial charge in [0.15, 0.2) is 0 Å². The Kier molecular flexibility index (Phi) is 5.27. The van der Waals surface area contributed by atoms with Crippen molar-refractivity contribution in [3.8, 4) is 0 Å². The van der Waals surface area contributed by atoms with Gasteiger partial charge >= 0.3 is 0 Å². The van der Waals surface area contributed by atoms with Crippen molar-refractivity contribution in [1.29, 1.82) is 0 Å². The third-order valence-corrected chi connectivity index (χ3v) is 4.10. The van der Waals surface area contributed by atoms with Crippen LogP contribution in [0.1, 0.15) is 0 Å². The molecule has 2 aromatic carbocycles. The summed E-state index contributed by atoms with van der Waals surface area (Å²) in [5.41, 5.74) is 1.97. The summed E-state index contributed by atoms with van der Waals surface area (Å²) in [6, 6.07) is 17.7. The summed E-state index contributed by atoms with van der Waals surface area (Å²) in [4.78, 5) is 4.56. The van der Waals surface area contributed by atoms with Crippen molar-refractivity contribution < 1.29 is 0 Å². The van der Waals surface area contributed by atoms with Crippen molar-refractivity contribution >= 4 is 23.0 Å². The number of anilines is 1. The molecule has 0 spiro atoms. The smallest absolute Gasteiger partial charge is 0.0856 e. The Balaban J connectivity index is 1.50. The Morgan fingerprint density at radius 3 is 2.30 bits per heavy atom. The lowest BCUT2D eigenvalue weighted by Gasteiger charge is -2.35. The number of para-hydroxylation sites is 1. The van der Waals surface area contributed by atoms with Crippen molar-refractivity contribution in [3.63, 3.8) is 0 Å². The van der Waals surface area contributed by atoms with Crippen molar-refractivity contribution in [1.82, 2.24) is 4.90 Å². The zero-order valence-corrected chi connectivity index (χ0v) is 13.6. The van der Waals surface area contributed by atoms with E-state index in [2.05, 4.69) is 26.1 Å². The van der Waals surface area contributed by atoms with Crippen LogP contribution in [0.25, 0.3) is 0 Å². The van der Waals surface area contributed by atoms with Crippen LogP contribution in [0.2, 0.25) is 5.02 Å². The first-order valence-electron chi connectivity index (χ1n) is 7.69. The van der Waals surface area contributed by atoms with E-state index in [1.54, 1.807) is 6.20 Å². The van der Waals surface area contributed by atoms with Gasteiger partial charge in [-0.25, -0.2) is 0 Å². The first-order chi connectivity index (χ1) is 11.3. The molecule has 0 amide bonds. The molecule has 1 heterocycles. The van der Waals surface area contributed by atoms with E-state index in [0.717, 1.165) is 42.6 Å². The monoisotopic (exact) mass is 326 g/mol. The molecule has 1 saturated heterocycles. The number of benzene rings is 2. The summed E-state index contributed by atoms with van der Waals surface area (Å²) >= 11 is 6.26. The van der Waals surface area contributed by atoms with E-state index in [1.165, 1.54) is 0 Å². The highest BCUT2D eigenvalue weighted by Crippen LogP contribution is 2.26. The van der Waals surface area contributed by atoms with E-state index in [1.807, 2.05) is 54.7 Å². The van der Waals surface area contributed by atoms with E-state index in [9.17, 15) is 0 Å². The summed E-state index contributed by atoms with van der Waals surface area (Å²) < 4.78 is 0. The van der Waals surface area contributed by atoms with Crippen LogP contribution < -0.4 is 4.90 Å². The zero-order chi connectivity index (χ0) is 15.9. The molecular formula is C18H19ClN4. The quantitative estimate of drug-likeness (QED) is 0.761. The van der Waals surface area contributed by atoms with Crippen LogP contribution in [0, 0.1) is 0 Å². The maximum Gasteiger partial charge on any atom is 0.0856 e. The lowest BCUT2D eigenvalue weighted by molar-refractivity contribution is 0.348. The predicted molar refractivity (Wildman–Crippen MR) is 95.3 cm³/mol. The molecule has 1 aliphatic heterocycles. The van der Waals surface area contributed by atoms with E-state index < -0.39 is 0 Å². The SMILES string of the molecule is Clc1ccccc1N1CCN(C=CN=Nc2ccccc2)CC1. The molecule has 5 heteroatoms. The second kappa shape index (κ2) is 7.79. The summed E-state index contributed by atoms with van der Waals surface area (Å²) in [5.74, 6) is 0. The minimum absolute atomic E-state index is 0.813. The molecular weight excluding hydrogens is 308 g/mol. The van der Waals surface area contributed by atoms with Crippen LogP contribution in [0.3, 0.4) is 0 Å². The highest BCUT2D eigenvalue weighted by molar-refractivity contribution is 6.33. The van der Waals surface area contributed by atoms with Gasteiger partial charge in [-0.05, 0) is 24.3 Å². The average molecular weight is 327 g/mol. The van der Waals surface area contributed by atoms with Crippen molar-refractivity contribution in [3.05, 3.63) is 72.0 Å².